The standard InChI is InChI=1S/C22H27Cl2FN2O3/c1-28-21-12-16(14-26-5-2-6-27-7-9-29-10-8-27)11-20(24)22(21)30-15-17-3-4-18(25)13-19(17)23/h3-4,11-13,26H,2,5-10,14-15H2,1H3. The largest absolute Gasteiger partial charge is 0.493 e. The van der Waals surface area contributed by atoms with E-state index in [9.17, 15) is 4.39 Å². The lowest BCUT2D eigenvalue weighted by Crippen LogP contribution is -2.37. The molecule has 1 aliphatic rings. The molecule has 0 aliphatic carbocycles. The van der Waals surface area contributed by atoms with Gasteiger partial charge in [-0.25, -0.2) is 4.39 Å². The molecule has 2 aromatic rings. The number of ether oxygens (including phenoxy) is 3. The zero-order valence-electron chi connectivity index (χ0n) is 17.1. The molecule has 8 heteroatoms. The van der Waals surface area contributed by atoms with Gasteiger partial charge in [0.2, 0.25) is 0 Å². The first kappa shape index (κ1) is 23.1. The maximum Gasteiger partial charge on any atom is 0.180 e. The summed E-state index contributed by atoms with van der Waals surface area (Å²) >= 11 is 12.5. The first-order chi connectivity index (χ1) is 14.6. The van der Waals surface area contributed by atoms with Crippen molar-refractivity contribution < 1.29 is 18.6 Å². The van der Waals surface area contributed by atoms with Crippen LogP contribution in [-0.4, -0.2) is 51.4 Å². The molecule has 2 aromatic carbocycles. The fourth-order valence-corrected chi connectivity index (χ4v) is 3.80. The third-order valence-corrected chi connectivity index (χ3v) is 5.57. The Morgan fingerprint density at radius 1 is 1.13 bits per heavy atom. The molecule has 30 heavy (non-hydrogen) atoms. The summed E-state index contributed by atoms with van der Waals surface area (Å²) in [4.78, 5) is 2.42. The number of nitrogens with one attached hydrogen (secondary N) is 1. The van der Waals surface area contributed by atoms with Crippen molar-refractivity contribution in [3.8, 4) is 11.5 Å². The molecule has 3 rings (SSSR count). The number of benzene rings is 2. The summed E-state index contributed by atoms with van der Waals surface area (Å²) in [5.41, 5.74) is 1.68. The maximum atomic E-state index is 13.2. The fraction of sp³-hybridized carbons (Fsp3) is 0.455. The lowest BCUT2D eigenvalue weighted by atomic mass is 10.2. The molecule has 0 saturated carbocycles. The van der Waals surface area contributed by atoms with Crippen LogP contribution in [0, 0.1) is 5.82 Å². The quantitative estimate of drug-likeness (QED) is 0.531. The van der Waals surface area contributed by atoms with Crippen molar-refractivity contribution in [2.45, 2.75) is 19.6 Å². The third-order valence-electron chi connectivity index (χ3n) is 4.94. The number of morpholine rings is 1. The number of halogens is 3. The molecule has 164 valence electrons. The van der Waals surface area contributed by atoms with E-state index in [2.05, 4.69) is 10.2 Å². The Balaban J connectivity index is 1.51. The van der Waals surface area contributed by atoms with Crippen LogP contribution in [-0.2, 0) is 17.9 Å². The normalized spacial score (nSPS) is 14.7. The number of rotatable bonds is 10. The SMILES string of the molecule is COc1cc(CNCCCN2CCOCC2)cc(Cl)c1OCc1ccc(F)cc1Cl. The van der Waals surface area contributed by atoms with Gasteiger partial charge >= 0.3 is 0 Å². The Kier molecular flexibility index (Phi) is 9.03. The Hall–Kier alpha value is -1.57. The molecular formula is C22H27Cl2FN2O3. The van der Waals surface area contributed by atoms with Crippen molar-refractivity contribution in [1.29, 1.82) is 0 Å². The first-order valence-corrected chi connectivity index (χ1v) is 10.8. The molecular weight excluding hydrogens is 430 g/mol. The molecule has 5 nitrogen and oxygen atoms in total. The van der Waals surface area contributed by atoms with Crippen molar-refractivity contribution in [3.05, 3.63) is 57.3 Å². The topological polar surface area (TPSA) is 43.0 Å². The summed E-state index contributed by atoms with van der Waals surface area (Å²) in [6.45, 7) is 6.51. The van der Waals surface area contributed by atoms with Crippen LogP contribution in [0.5, 0.6) is 11.5 Å². The first-order valence-electron chi connectivity index (χ1n) is 10.0. The van der Waals surface area contributed by atoms with Crippen LogP contribution >= 0.6 is 23.2 Å². The second kappa shape index (κ2) is 11.7. The smallest absolute Gasteiger partial charge is 0.180 e. The van der Waals surface area contributed by atoms with E-state index in [0.717, 1.165) is 51.4 Å². The van der Waals surface area contributed by atoms with Gasteiger partial charge in [-0.3, -0.25) is 4.90 Å². The average molecular weight is 457 g/mol. The zero-order chi connectivity index (χ0) is 21.3. The molecule has 0 spiro atoms. The summed E-state index contributed by atoms with van der Waals surface area (Å²) in [5.74, 6) is 0.600. The van der Waals surface area contributed by atoms with Gasteiger partial charge in [-0.05, 0) is 49.3 Å². The molecule has 1 saturated heterocycles. The predicted octanol–water partition coefficient (Wildman–Crippen LogP) is 4.53. The summed E-state index contributed by atoms with van der Waals surface area (Å²) in [5, 5.41) is 4.21. The molecule has 1 aliphatic heterocycles. The van der Waals surface area contributed by atoms with Crippen LogP contribution < -0.4 is 14.8 Å². The Morgan fingerprint density at radius 3 is 2.67 bits per heavy atom. The minimum absolute atomic E-state index is 0.161. The Bertz CT molecular complexity index is 832. The number of hydrogen-bond acceptors (Lipinski definition) is 5. The molecule has 1 heterocycles. The van der Waals surface area contributed by atoms with Gasteiger partial charge in [0.05, 0.1) is 30.4 Å². The highest BCUT2D eigenvalue weighted by Gasteiger charge is 2.14. The van der Waals surface area contributed by atoms with Crippen molar-refractivity contribution >= 4 is 23.2 Å². The molecule has 0 unspecified atom stereocenters. The van der Waals surface area contributed by atoms with Crippen LogP contribution in [0.3, 0.4) is 0 Å². The molecule has 0 aromatic heterocycles. The lowest BCUT2D eigenvalue weighted by molar-refractivity contribution is 0.0374. The second-order valence-corrected chi connectivity index (χ2v) is 7.93. The van der Waals surface area contributed by atoms with E-state index in [1.165, 1.54) is 12.1 Å². The van der Waals surface area contributed by atoms with E-state index in [4.69, 9.17) is 37.4 Å². The van der Waals surface area contributed by atoms with Crippen LogP contribution in [0.4, 0.5) is 4.39 Å². The van der Waals surface area contributed by atoms with Crippen molar-refractivity contribution in [2.24, 2.45) is 0 Å². The molecule has 0 amide bonds. The second-order valence-electron chi connectivity index (χ2n) is 7.12. The maximum absolute atomic E-state index is 13.2. The number of methoxy groups -OCH3 is 1. The summed E-state index contributed by atoms with van der Waals surface area (Å²) < 4.78 is 29.9. The van der Waals surface area contributed by atoms with Gasteiger partial charge in [0, 0.05) is 25.2 Å². The number of nitrogens with zero attached hydrogens (tertiary/aromatic N) is 1. The Labute approximate surface area is 187 Å². The summed E-state index contributed by atoms with van der Waals surface area (Å²) in [6, 6.07) is 7.96. The highest BCUT2D eigenvalue weighted by Crippen LogP contribution is 2.37. The van der Waals surface area contributed by atoms with E-state index < -0.39 is 0 Å². The van der Waals surface area contributed by atoms with Gasteiger partial charge in [0.15, 0.2) is 11.5 Å². The Morgan fingerprint density at radius 2 is 1.93 bits per heavy atom. The zero-order valence-corrected chi connectivity index (χ0v) is 18.6. The molecule has 1 fully saturated rings. The van der Waals surface area contributed by atoms with Crippen molar-refractivity contribution in [2.75, 3.05) is 46.5 Å². The minimum atomic E-state index is -0.388. The van der Waals surface area contributed by atoms with Crippen molar-refractivity contribution in [1.82, 2.24) is 10.2 Å². The van der Waals surface area contributed by atoms with Gasteiger partial charge < -0.3 is 19.5 Å². The van der Waals surface area contributed by atoms with Gasteiger partial charge in [0.25, 0.3) is 0 Å². The van der Waals surface area contributed by atoms with Gasteiger partial charge in [0.1, 0.15) is 12.4 Å². The molecule has 0 bridgehead atoms. The van der Waals surface area contributed by atoms with E-state index in [-0.39, 0.29) is 12.4 Å². The highest BCUT2D eigenvalue weighted by atomic mass is 35.5. The summed E-state index contributed by atoms with van der Waals surface area (Å²) in [7, 11) is 1.57. The summed E-state index contributed by atoms with van der Waals surface area (Å²) in [6.07, 6.45) is 1.07. The third kappa shape index (κ3) is 6.72. The van der Waals surface area contributed by atoms with Crippen LogP contribution in [0.2, 0.25) is 10.0 Å². The minimum Gasteiger partial charge on any atom is -0.493 e. The van der Waals surface area contributed by atoms with Gasteiger partial charge in [-0.2, -0.15) is 0 Å². The van der Waals surface area contributed by atoms with Gasteiger partial charge in [-0.1, -0.05) is 29.3 Å². The average Bonchev–Trinajstić information content (AvgIpc) is 2.74. The predicted molar refractivity (Wildman–Crippen MR) is 117 cm³/mol. The van der Waals surface area contributed by atoms with E-state index in [1.807, 2.05) is 12.1 Å². The van der Waals surface area contributed by atoms with E-state index in [0.29, 0.717) is 33.7 Å². The monoisotopic (exact) mass is 456 g/mol. The van der Waals surface area contributed by atoms with Crippen LogP contribution in [0.1, 0.15) is 17.5 Å². The van der Waals surface area contributed by atoms with Gasteiger partial charge in [-0.15, -0.1) is 0 Å². The van der Waals surface area contributed by atoms with E-state index >= 15 is 0 Å². The highest BCUT2D eigenvalue weighted by molar-refractivity contribution is 6.32. The van der Waals surface area contributed by atoms with E-state index in [1.54, 1.807) is 13.2 Å². The molecule has 0 radical (unpaired) electrons. The molecule has 0 atom stereocenters. The van der Waals surface area contributed by atoms with Crippen molar-refractivity contribution in [3.63, 3.8) is 0 Å². The van der Waals surface area contributed by atoms with Crippen LogP contribution in [0.15, 0.2) is 30.3 Å². The number of hydrogen-bond donors (Lipinski definition) is 1. The molecule has 1 N–H and O–H groups in total. The lowest BCUT2D eigenvalue weighted by Gasteiger charge is -2.26. The van der Waals surface area contributed by atoms with Crippen LogP contribution in [0.25, 0.3) is 0 Å². The fourth-order valence-electron chi connectivity index (χ4n) is 3.29.